The lowest BCUT2D eigenvalue weighted by Gasteiger charge is -2.34. The summed E-state index contributed by atoms with van der Waals surface area (Å²) in [5, 5.41) is 8.69. The zero-order valence-electron chi connectivity index (χ0n) is 17.0. The molecule has 0 aliphatic carbocycles. The molecule has 4 rings (SSSR count). The molecule has 1 atom stereocenters. The summed E-state index contributed by atoms with van der Waals surface area (Å²) in [7, 11) is 0. The number of fused-ring (bicyclic) bond motifs is 1. The summed E-state index contributed by atoms with van der Waals surface area (Å²) in [6.45, 7) is 10.7. The average Bonchev–Trinajstić information content (AvgIpc) is 3.27. The Morgan fingerprint density at radius 2 is 2.07 bits per heavy atom. The lowest BCUT2D eigenvalue weighted by molar-refractivity contribution is 0.0658. The van der Waals surface area contributed by atoms with Crippen LogP contribution in [0.1, 0.15) is 42.0 Å². The largest absolute Gasteiger partial charge is 0.333 e. The van der Waals surface area contributed by atoms with Gasteiger partial charge in [0.2, 0.25) is 0 Å². The van der Waals surface area contributed by atoms with Gasteiger partial charge in [-0.3, -0.25) is 4.79 Å². The molecular weight excluding hydrogens is 429 g/mol. The average molecular weight is 456 g/mol. The predicted octanol–water partition coefficient (Wildman–Crippen LogP) is 4.33. The summed E-state index contributed by atoms with van der Waals surface area (Å²) in [6, 6.07) is 6.45. The number of thiophene rings is 1. The third-order valence-corrected chi connectivity index (χ3v) is 6.06. The van der Waals surface area contributed by atoms with Gasteiger partial charge in [0.05, 0.1) is 27.7 Å². The van der Waals surface area contributed by atoms with Crippen molar-refractivity contribution < 1.29 is 4.79 Å². The molecule has 6 nitrogen and oxygen atoms in total. The second-order valence-corrected chi connectivity index (χ2v) is 8.73. The summed E-state index contributed by atoms with van der Waals surface area (Å²) in [4.78, 5) is 22.6. The van der Waals surface area contributed by atoms with Gasteiger partial charge in [0, 0.05) is 36.6 Å². The van der Waals surface area contributed by atoms with E-state index in [2.05, 4.69) is 50.2 Å². The fourth-order valence-corrected chi connectivity index (χ4v) is 4.40. The first kappa shape index (κ1) is 23.6. The maximum Gasteiger partial charge on any atom is 0.255 e. The maximum absolute atomic E-state index is 13.4. The van der Waals surface area contributed by atoms with E-state index in [-0.39, 0.29) is 42.8 Å². The Bertz CT molecular complexity index is 1000. The molecule has 0 aromatic carbocycles. The van der Waals surface area contributed by atoms with E-state index in [1.807, 2.05) is 15.6 Å². The number of hydrogen-bond donors (Lipinski definition) is 1. The van der Waals surface area contributed by atoms with E-state index in [1.54, 1.807) is 17.5 Å². The summed E-state index contributed by atoms with van der Waals surface area (Å²) in [5.41, 5.74) is 2.32. The van der Waals surface area contributed by atoms with Gasteiger partial charge in [0.15, 0.2) is 5.65 Å². The number of pyridine rings is 1. The fraction of sp³-hybridized carbons (Fsp3) is 0.450. The van der Waals surface area contributed by atoms with Crippen molar-refractivity contribution in [1.82, 2.24) is 25.0 Å². The minimum absolute atomic E-state index is 0. The first-order valence-electron chi connectivity index (χ1n) is 9.42. The molecule has 4 heterocycles. The van der Waals surface area contributed by atoms with Crippen molar-refractivity contribution in [2.75, 3.05) is 19.6 Å². The zero-order chi connectivity index (χ0) is 19.1. The molecule has 158 valence electrons. The molecule has 1 amide bonds. The lowest BCUT2D eigenvalue weighted by Crippen LogP contribution is -2.52. The van der Waals surface area contributed by atoms with Gasteiger partial charge in [-0.2, -0.15) is 5.10 Å². The smallest absolute Gasteiger partial charge is 0.255 e. The van der Waals surface area contributed by atoms with Crippen LogP contribution < -0.4 is 5.32 Å². The number of hydrogen-bond acceptors (Lipinski definition) is 5. The maximum atomic E-state index is 13.4. The van der Waals surface area contributed by atoms with Crippen LogP contribution in [0.25, 0.3) is 21.6 Å². The first-order valence-corrected chi connectivity index (χ1v) is 10.2. The highest BCUT2D eigenvalue weighted by Crippen LogP contribution is 2.31. The molecule has 0 bridgehead atoms. The number of piperazine rings is 1. The number of aromatic nitrogens is 3. The third kappa shape index (κ3) is 4.43. The predicted molar refractivity (Wildman–Crippen MR) is 124 cm³/mol. The van der Waals surface area contributed by atoms with Gasteiger partial charge in [-0.05, 0) is 45.9 Å². The van der Waals surface area contributed by atoms with Crippen molar-refractivity contribution in [1.29, 1.82) is 0 Å². The van der Waals surface area contributed by atoms with Crippen molar-refractivity contribution in [3.8, 4) is 10.6 Å². The van der Waals surface area contributed by atoms with Gasteiger partial charge in [-0.15, -0.1) is 36.2 Å². The second kappa shape index (κ2) is 9.43. The number of amides is 1. The number of aryl methyl sites for hydroxylation is 1. The molecule has 9 heteroatoms. The van der Waals surface area contributed by atoms with Gasteiger partial charge < -0.3 is 10.2 Å². The van der Waals surface area contributed by atoms with Crippen LogP contribution in [0.3, 0.4) is 0 Å². The quantitative estimate of drug-likeness (QED) is 0.638. The van der Waals surface area contributed by atoms with E-state index >= 15 is 0 Å². The molecule has 1 N–H and O–H groups in total. The first-order chi connectivity index (χ1) is 13.0. The highest BCUT2D eigenvalue weighted by atomic mass is 35.5. The van der Waals surface area contributed by atoms with Crippen molar-refractivity contribution in [3.05, 3.63) is 34.8 Å². The van der Waals surface area contributed by atoms with Gasteiger partial charge >= 0.3 is 0 Å². The van der Waals surface area contributed by atoms with Crippen LogP contribution in [-0.4, -0.2) is 51.2 Å². The fourth-order valence-electron chi connectivity index (χ4n) is 3.57. The second-order valence-electron chi connectivity index (χ2n) is 7.44. The van der Waals surface area contributed by atoms with Crippen LogP contribution in [0, 0.1) is 6.92 Å². The van der Waals surface area contributed by atoms with Crippen LogP contribution in [0.15, 0.2) is 24.4 Å². The Balaban J connectivity index is 0.00000150. The van der Waals surface area contributed by atoms with Crippen molar-refractivity contribution in [2.45, 2.75) is 39.8 Å². The molecule has 0 spiro atoms. The van der Waals surface area contributed by atoms with Gasteiger partial charge in [0.1, 0.15) is 0 Å². The van der Waals surface area contributed by atoms with Crippen LogP contribution in [-0.2, 0) is 0 Å². The molecule has 0 unspecified atom stereocenters. The number of carbonyl (C=O) groups excluding carboxylic acids is 1. The monoisotopic (exact) mass is 455 g/mol. The Kier molecular flexibility index (Phi) is 7.67. The summed E-state index contributed by atoms with van der Waals surface area (Å²) < 4.78 is 1.90. The van der Waals surface area contributed by atoms with Crippen LogP contribution >= 0.6 is 36.2 Å². The summed E-state index contributed by atoms with van der Waals surface area (Å²) in [6.07, 6.45) is 1.78. The molecule has 0 saturated carbocycles. The molecule has 1 saturated heterocycles. The number of nitrogens with zero attached hydrogens (tertiary/aromatic N) is 4. The lowest BCUT2D eigenvalue weighted by atomic mass is 10.1. The topological polar surface area (TPSA) is 63.1 Å². The SMILES string of the molecule is Cc1ccc(-c2cc(C(=O)N3CCNC[C@@H]3C)c3cnn(C(C)C)c3n2)s1.Cl.Cl. The Labute approximate surface area is 187 Å². The van der Waals surface area contributed by atoms with E-state index < -0.39 is 0 Å². The van der Waals surface area contributed by atoms with Gasteiger partial charge in [-0.25, -0.2) is 9.67 Å². The van der Waals surface area contributed by atoms with Crippen LogP contribution in [0.2, 0.25) is 0 Å². The van der Waals surface area contributed by atoms with E-state index in [1.165, 1.54) is 4.88 Å². The summed E-state index contributed by atoms with van der Waals surface area (Å²) in [5.74, 6) is 0.0641. The van der Waals surface area contributed by atoms with E-state index in [4.69, 9.17) is 4.98 Å². The minimum atomic E-state index is 0. The van der Waals surface area contributed by atoms with E-state index in [0.717, 1.165) is 41.2 Å². The Morgan fingerprint density at radius 3 is 2.69 bits per heavy atom. The molecule has 1 fully saturated rings. The number of halogens is 2. The number of carbonyl (C=O) groups is 1. The van der Waals surface area contributed by atoms with Crippen molar-refractivity contribution >= 4 is 53.1 Å². The molecule has 1 aliphatic rings. The Morgan fingerprint density at radius 1 is 1.31 bits per heavy atom. The highest BCUT2D eigenvalue weighted by Gasteiger charge is 2.27. The van der Waals surface area contributed by atoms with E-state index in [9.17, 15) is 4.79 Å². The molecule has 1 aliphatic heterocycles. The van der Waals surface area contributed by atoms with Gasteiger partial charge in [0.25, 0.3) is 5.91 Å². The third-order valence-electron chi connectivity index (χ3n) is 5.04. The van der Waals surface area contributed by atoms with E-state index in [0.29, 0.717) is 5.56 Å². The highest BCUT2D eigenvalue weighted by molar-refractivity contribution is 7.15. The molecule has 29 heavy (non-hydrogen) atoms. The normalized spacial score (nSPS) is 16.6. The van der Waals surface area contributed by atoms with Crippen molar-refractivity contribution in [2.24, 2.45) is 0 Å². The molecule has 0 radical (unpaired) electrons. The zero-order valence-corrected chi connectivity index (χ0v) is 19.5. The molecular formula is C20H27Cl2N5OS. The van der Waals surface area contributed by atoms with Crippen LogP contribution in [0.4, 0.5) is 0 Å². The van der Waals surface area contributed by atoms with Gasteiger partial charge in [-0.1, -0.05) is 0 Å². The Hall–Kier alpha value is -1.67. The molecule has 3 aromatic rings. The molecule has 3 aromatic heterocycles. The minimum Gasteiger partial charge on any atom is -0.333 e. The standard InChI is InChI=1S/C20H25N5OS.2ClH/c1-12(2)25-19-16(11-22-25)15(20(26)24-8-7-21-10-13(24)3)9-17(23-19)18-6-5-14(4)27-18;;/h5-6,9,11-13,21H,7-8,10H2,1-4H3;2*1H/t13-;;/m0../s1. The van der Waals surface area contributed by atoms with Crippen LogP contribution in [0.5, 0.6) is 0 Å². The number of nitrogens with one attached hydrogen (secondary N) is 1. The summed E-state index contributed by atoms with van der Waals surface area (Å²) >= 11 is 1.70. The number of rotatable bonds is 3. The van der Waals surface area contributed by atoms with Crippen molar-refractivity contribution in [3.63, 3.8) is 0 Å².